The second-order valence-corrected chi connectivity index (χ2v) is 8.54. The first kappa shape index (κ1) is 23.2. The first-order valence-electron chi connectivity index (χ1n) is 11.2. The van der Waals surface area contributed by atoms with Gasteiger partial charge in [0.05, 0.1) is 18.8 Å². The molecule has 2 amide bonds. The Morgan fingerprint density at radius 1 is 1.12 bits per heavy atom. The average molecular weight is 456 g/mol. The quantitative estimate of drug-likeness (QED) is 0.667. The lowest BCUT2D eigenvalue weighted by Crippen LogP contribution is -2.50. The van der Waals surface area contributed by atoms with Crippen LogP contribution in [0, 0.1) is 5.82 Å². The number of ether oxygens (including phenoxy) is 1. The molecule has 9 heteroatoms. The maximum Gasteiger partial charge on any atom is 0.414 e. The molecule has 2 saturated heterocycles. The Morgan fingerprint density at radius 3 is 2.52 bits per heavy atom. The third-order valence-electron chi connectivity index (χ3n) is 5.99. The van der Waals surface area contributed by atoms with E-state index in [4.69, 9.17) is 4.74 Å². The Hall–Kier alpha value is -3.01. The van der Waals surface area contributed by atoms with Gasteiger partial charge in [0.1, 0.15) is 11.9 Å². The van der Waals surface area contributed by atoms with Gasteiger partial charge in [-0.15, -0.1) is 0 Å². The van der Waals surface area contributed by atoms with Crippen LogP contribution >= 0.6 is 0 Å². The molecule has 4 rings (SSSR count). The molecule has 176 valence electrons. The van der Waals surface area contributed by atoms with Gasteiger partial charge in [0.2, 0.25) is 5.91 Å². The number of hydrazine groups is 1. The fourth-order valence-corrected chi connectivity index (χ4v) is 3.97. The topological polar surface area (TPSA) is 77.2 Å². The summed E-state index contributed by atoms with van der Waals surface area (Å²) < 4.78 is 20.2. The molecule has 8 nitrogen and oxygen atoms in total. The summed E-state index contributed by atoms with van der Waals surface area (Å²) >= 11 is 0. The van der Waals surface area contributed by atoms with Crippen molar-refractivity contribution in [2.45, 2.75) is 19.6 Å². The largest absolute Gasteiger partial charge is 0.442 e. The molecule has 1 atom stereocenters. The van der Waals surface area contributed by atoms with Gasteiger partial charge in [-0.05, 0) is 36.4 Å². The molecule has 2 fully saturated rings. The van der Waals surface area contributed by atoms with Gasteiger partial charge < -0.3 is 15.0 Å². The number of rotatable bonds is 7. The van der Waals surface area contributed by atoms with Crippen molar-refractivity contribution >= 4 is 17.7 Å². The number of hydrogen-bond acceptors (Lipinski definition) is 6. The summed E-state index contributed by atoms with van der Waals surface area (Å²) in [6.07, 6.45) is -1.01. The van der Waals surface area contributed by atoms with Crippen LogP contribution in [0.15, 0.2) is 42.5 Å². The standard InChI is InChI=1S/C24H30FN5O3/c1-17(31)26-15-21-16-30(24(32)33-21)20-7-8-22(23(25)13-20)19-5-3-18(4-6-19)14-27-29-11-9-28(2)10-12-29/h3-8,13,21,27H,9-12,14-16H2,1-2H3,(H,26,31). The van der Waals surface area contributed by atoms with E-state index in [1.807, 2.05) is 24.3 Å². The van der Waals surface area contributed by atoms with Gasteiger partial charge >= 0.3 is 6.09 Å². The highest BCUT2D eigenvalue weighted by Gasteiger charge is 2.32. The van der Waals surface area contributed by atoms with Crippen molar-refractivity contribution in [2.75, 3.05) is 51.2 Å². The maximum atomic E-state index is 14.9. The fraction of sp³-hybridized carbons (Fsp3) is 0.417. The van der Waals surface area contributed by atoms with E-state index in [1.165, 1.54) is 17.9 Å². The van der Waals surface area contributed by atoms with Crippen molar-refractivity contribution in [3.63, 3.8) is 0 Å². The van der Waals surface area contributed by atoms with Gasteiger partial charge in [0.25, 0.3) is 0 Å². The van der Waals surface area contributed by atoms with Gasteiger partial charge in [-0.2, -0.15) is 0 Å². The molecule has 0 radical (unpaired) electrons. The van der Waals surface area contributed by atoms with Gasteiger partial charge in [0.15, 0.2) is 0 Å². The lowest BCUT2D eigenvalue weighted by molar-refractivity contribution is -0.119. The smallest absolute Gasteiger partial charge is 0.414 e. The monoisotopic (exact) mass is 455 g/mol. The molecule has 2 N–H and O–H groups in total. The summed E-state index contributed by atoms with van der Waals surface area (Å²) in [6, 6.07) is 12.5. The molecule has 2 heterocycles. The number of cyclic esters (lactones) is 1. The number of nitrogens with one attached hydrogen (secondary N) is 2. The molecule has 0 aliphatic carbocycles. The minimum atomic E-state index is -0.547. The summed E-state index contributed by atoms with van der Waals surface area (Å²) in [6.45, 7) is 6.69. The summed E-state index contributed by atoms with van der Waals surface area (Å²) in [5, 5.41) is 4.86. The molecule has 1 unspecified atom stereocenters. The number of anilines is 1. The van der Waals surface area contributed by atoms with Gasteiger partial charge in [-0.25, -0.2) is 14.2 Å². The van der Waals surface area contributed by atoms with Crippen LogP contribution in [-0.2, 0) is 16.1 Å². The van der Waals surface area contributed by atoms with Gasteiger partial charge in [0, 0.05) is 45.2 Å². The first-order valence-corrected chi connectivity index (χ1v) is 11.2. The van der Waals surface area contributed by atoms with Gasteiger partial charge in [-0.1, -0.05) is 24.3 Å². The number of likely N-dealkylation sites (N-methyl/N-ethyl adjacent to an activating group) is 1. The maximum absolute atomic E-state index is 14.9. The zero-order valence-electron chi connectivity index (χ0n) is 19.0. The minimum absolute atomic E-state index is 0.193. The molecule has 0 spiro atoms. The predicted octanol–water partition coefficient (Wildman–Crippen LogP) is 2.21. The van der Waals surface area contributed by atoms with E-state index >= 15 is 0 Å². The molecule has 2 aromatic rings. The van der Waals surface area contributed by atoms with Crippen LogP contribution in [0.1, 0.15) is 12.5 Å². The number of hydrogen-bond donors (Lipinski definition) is 2. The first-order chi connectivity index (χ1) is 15.9. The van der Waals surface area contributed by atoms with E-state index in [0.717, 1.165) is 43.9 Å². The molecule has 33 heavy (non-hydrogen) atoms. The lowest BCUT2D eigenvalue weighted by Gasteiger charge is -2.32. The Balaban J connectivity index is 1.37. The minimum Gasteiger partial charge on any atom is -0.442 e. The molecule has 2 aliphatic heterocycles. The Labute approximate surface area is 193 Å². The van der Waals surface area contributed by atoms with Crippen molar-refractivity contribution in [2.24, 2.45) is 0 Å². The van der Waals surface area contributed by atoms with Crippen LogP contribution in [0.5, 0.6) is 0 Å². The number of amides is 2. The molecule has 0 saturated carbocycles. The van der Waals surface area contributed by atoms with Crippen LogP contribution < -0.4 is 15.6 Å². The molecule has 0 bridgehead atoms. The van der Waals surface area contributed by atoms with E-state index in [2.05, 4.69) is 27.7 Å². The van der Waals surface area contributed by atoms with Crippen molar-refractivity contribution in [3.8, 4) is 11.1 Å². The zero-order chi connectivity index (χ0) is 23.4. The summed E-state index contributed by atoms with van der Waals surface area (Å²) in [5.41, 5.74) is 6.25. The van der Waals surface area contributed by atoms with Crippen molar-refractivity contribution in [3.05, 3.63) is 53.8 Å². The van der Waals surface area contributed by atoms with Crippen molar-refractivity contribution < 1.29 is 18.7 Å². The Morgan fingerprint density at radius 2 is 1.85 bits per heavy atom. The summed E-state index contributed by atoms with van der Waals surface area (Å²) in [5.74, 6) is -0.602. The van der Waals surface area contributed by atoms with Crippen molar-refractivity contribution in [1.29, 1.82) is 0 Å². The predicted molar refractivity (Wildman–Crippen MR) is 124 cm³/mol. The number of carbonyl (C=O) groups is 2. The molecule has 2 aliphatic rings. The van der Waals surface area contributed by atoms with Crippen LogP contribution in [0.2, 0.25) is 0 Å². The normalized spacial score (nSPS) is 19.5. The average Bonchev–Trinajstić information content (AvgIpc) is 3.18. The fourth-order valence-electron chi connectivity index (χ4n) is 3.97. The second kappa shape index (κ2) is 10.3. The number of halogens is 1. The van der Waals surface area contributed by atoms with Crippen LogP contribution in [0.25, 0.3) is 11.1 Å². The van der Waals surface area contributed by atoms with E-state index in [0.29, 0.717) is 11.3 Å². The van der Waals surface area contributed by atoms with Gasteiger partial charge in [-0.3, -0.25) is 15.1 Å². The third-order valence-corrected chi connectivity index (χ3v) is 5.99. The lowest BCUT2D eigenvalue weighted by atomic mass is 10.0. The zero-order valence-corrected chi connectivity index (χ0v) is 19.0. The second-order valence-electron chi connectivity index (χ2n) is 8.54. The molecular weight excluding hydrogens is 425 g/mol. The number of carbonyl (C=O) groups excluding carboxylic acids is 2. The molecular formula is C24H30FN5O3. The number of benzene rings is 2. The Kier molecular flexibility index (Phi) is 7.22. The summed E-state index contributed by atoms with van der Waals surface area (Å²) in [7, 11) is 2.13. The third kappa shape index (κ3) is 5.87. The van der Waals surface area contributed by atoms with Crippen LogP contribution in [0.3, 0.4) is 0 Å². The van der Waals surface area contributed by atoms with E-state index in [1.54, 1.807) is 12.1 Å². The van der Waals surface area contributed by atoms with E-state index in [-0.39, 0.29) is 19.0 Å². The SMILES string of the molecule is CC(=O)NCC1CN(c2ccc(-c3ccc(CNN4CCN(C)CC4)cc3)c(F)c2)C(=O)O1. The highest BCUT2D eigenvalue weighted by Crippen LogP contribution is 2.29. The molecule has 2 aromatic carbocycles. The number of nitrogens with zero attached hydrogens (tertiary/aromatic N) is 3. The van der Waals surface area contributed by atoms with E-state index < -0.39 is 18.0 Å². The highest BCUT2D eigenvalue weighted by molar-refractivity contribution is 5.90. The Bertz CT molecular complexity index is 992. The molecule has 0 aromatic heterocycles. The van der Waals surface area contributed by atoms with Crippen molar-refractivity contribution in [1.82, 2.24) is 20.7 Å². The highest BCUT2D eigenvalue weighted by atomic mass is 19.1. The van der Waals surface area contributed by atoms with E-state index in [9.17, 15) is 14.0 Å². The number of piperazine rings is 1. The van der Waals surface area contributed by atoms with Crippen LogP contribution in [0.4, 0.5) is 14.9 Å². The van der Waals surface area contributed by atoms with Crippen LogP contribution in [-0.4, -0.2) is 74.3 Å². The summed E-state index contributed by atoms with van der Waals surface area (Å²) in [4.78, 5) is 26.9.